The van der Waals surface area contributed by atoms with Gasteiger partial charge in [0.2, 0.25) is 5.91 Å². The lowest BCUT2D eigenvalue weighted by Gasteiger charge is -2.50. The Kier molecular flexibility index (Phi) is 5.22. The fraction of sp³-hybridized carbons (Fsp3) is 0.636. The molecule has 0 aromatic heterocycles. The number of rotatable bonds is 5. The first-order valence-corrected chi connectivity index (χ1v) is 10.4. The van der Waals surface area contributed by atoms with Crippen LogP contribution in [0.15, 0.2) is 24.3 Å². The Morgan fingerprint density at radius 3 is 2.59 bits per heavy atom. The number of ether oxygens (including phenoxy) is 1. The van der Waals surface area contributed by atoms with Crippen LogP contribution in [0.3, 0.4) is 0 Å². The highest BCUT2D eigenvalue weighted by atomic mass is 16.5. The Morgan fingerprint density at radius 2 is 1.89 bits per heavy atom. The highest BCUT2D eigenvalue weighted by Crippen LogP contribution is 2.50. The molecule has 146 valence electrons. The van der Waals surface area contributed by atoms with Crippen LogP contribution in [0.2, 0.25) is 0 Å². The molecule has 1 spiro atoms. The Hall–Kier alpha value is -1.88. The quantitative estimate of drug-likeness (QED) is 0.866. The smallest absolute Gasteiger partial charge is 0.254 e. The lowest BCUT2D eigenvalue weighted by molar-refractivity contribution is -0.127. The predicted octanol–water partition coefficient (Wildman–Crippen LogP) is 3.24. The number of hydrogen-bond donors (Lipinski definition) is 1. The van der Waals surface area contributed by atoms with Gasteiger partial charge in [-0.15, -0.1) is 0 Å². The van der Waals surface area contributed by atoms with E-state index in [9.17, 15) is 9.59 Å². The van der Waals surface area contributed by atoms with Crippen molar-refractivity contribution in [3.63, 3.8) is 0 Å². The van der Waals surface area contributed by atoms with Crippen molar-refractivity contribution in [3.8, 4) is 0 Å². The average Bonchev–Trinajstić information content (AvgIpc) is 3.35. The van der Waals surface area contributed by atoms with Gasteiger partial charge in [0.05, 0.1) is 18.1 Å². The third kappa shape index (κ3) is 3.16. The van der Waals surface area contributed by atoms with Crippen molar-refractivity contribution in [2.24, 2.45) is 0 Å². The molecular formula is C22H30N2O3. The molecule has 5 nitrogen and oxygen atoms in total. The van der Waals surface area contributed by atoms with Crippen molar-refractivity contribution in [2.75, 3.05) is 20.3 Å². The number of fused-ring (bicyclic) bond motifs is 1. The van der Waals surface area contributed by atoms with Crippen LogP contribution in [0.25, 0.3) is 0 Å². The highest BCUT2D eigenvalue weighted by molar-refractivity contribution is 6.02. The first-order chi connectivity index (χ1) is 13.2. The van der Waals surface area contributed by atoms with Crippen LogP contribution in [0.4, 0.5) is 0 Å². The second-order valence-electron chi connectivity index (χ2n) is 8.27. The Balaban J connectivity index is 1.75. The van der Waals surface area contributed by atoms with Gasteiger partial charge in [-0.2, -0.15) is 0 Å². The van der Waals surface area contributed by atoms with E-state index >= 15 is 0 Å². The van der Waals surface area contributed by atoms with Gasteiger partial charge in [0.1, 0.15) is 0 Å². The van der Waals surface area contributed by atoms with Gasteiger partial charge in [0, 0.05) is 25.3 Å². The Bertz CT molecular complexity index is 705. The van der Waals surface area contributed by atoms with Gasteiger partial charge in [-0.25, -0.2) is 0 Å². The van der Waals surface area contributed by atoms with Gasteiger partial charge >= 0.3 is 0 Å². The number of methoxy groups -OCH3 is 1. The number of carbonyl (C=O) groups excluding carboxylic acids is 2. The zero-order valence-corrected chi connectivity index (χ0v) is 16.2. The lowest BCUT2D eigenvalue weighted by Crippen LogP contribution is -2.61. The van der Waals surface area contributed by atoms with Crippen LogP contribution >= 0.6 is 0 Å². The van der Waals surface area contributed by atoms with E-state index in [2.05, 4.69) is 5.32 Å². The lowest BCUT2D eigenvalue weighted by atomic mass is 9.71. The van der Waals surface area contributed by atoms with E-state index in [0.29, 0.717) is 18.7 Å². The SMILES string of the molecule is COCCN1C(=O)c2ccccc2[C@@H](C(=O)NC2CCCC2)C12CCCC2. The monoisotopic (exact) mass is 370 g/mol. The van der Waals surface area contributed by atoms with Crippen LogP contribution in [-0.2, 0) is 9.53 Å². The summed E-state index contributed by atoms with van der Waals surface area (Å²) in [6.45, 7) is 1.03. The summed E-state index contributed by atoms with van der Waals surface area (Å²) in [5.74, 6) is -0.132. The number of nitrogens with zero attached hydrogens (tertiary/aromatic N) is 1. The second kappa shape index (κ2) is 7.63. The summed E-state index contributed by atoms with van der Waals surface area (Å²) in [5.41, 5.74) is 1.18. The molecule has 27 heavy (non-hydrogen) atoms. The fourth-order valence-electron chi connectivity index (χ4n) is 5.53. The predicted molar refractivity (Wildman–Crippen MR) is 104 cm³/mol. The third-order valence-electron chi connectivity index (χ3n) is 6.77. The van der Waals surface area contributed by atoms with E-state index in [1.807, 2.05) is 29.2 Å². The van der Waals surface area contributed by atoms with Crippen molar-refractivity contribution >= 4 is 11.8 Å². The molecule has 4 rings (SSSR count). The molecule has 0 unspecified atom stereocenters. The van der Waals surface area contributed by atoms with Crippen molar-refractivity contribution in [1.82, 2.24) is 10.2 Å². The molecule has 1 aromatic rings. The van der Waals surface area contributed by atoms with E-state index in [-0.39, 0.29) is 23.8 Å². The second-order valence-corrected chi connectivity index (χ2v) is 8.27. The van der Waals surface area contributed by atoms with Gasteiger partial charge in [-0.1, -0.05) is 43.9 Å². The summed E-state index contributed by atoms with van der Waals surface area (Å²) in [6.07, 6.45) is 8.42. The largest absolute Gasteiger partial charge is 0.383 e. The minimum absolute atomic E-state index is 0.0504. The summed E-state index contributed by atoms with van der Waals surface area (Å²) >= 11 is 0. The number of hydrogen-bond acceptors (Lipinski definition) is 3. The van der Waals surface area contributed by atoms with Crippen molar-refractivity contribution < 1.29 is 14.3 Å². The molecule has 2 fully saturated rings. The van der Waals surface area contributed by atoms with Crippen molar-refractivity contribution in [3.05, 3.63) is 35.4 Å². The molecule has 3 aliphatic rings. The average molecular weight is 370 g/mol. The van der Waals surface area contributed by atoms with Gasteiger partial charge in [-0.05, 0) is 37.3 Å². The maximum absolute atomic E-state index is 13.5. The molecule has 0 saturated heterocycles. The summed E-state index contributed by atoms with van der Waals surface area (Å²) in [7, 11) is 1.66. The van der Waals surface area contributed by atoms with Crippen LogP contribution in [0.1, 0.15) is 73.2 Å². The van der Waals surface area contributed by atoms with Crippen molar-refractivity contribution in [1.29, 1.82) is 0 Å². The van der Waals surface area contributed by atoms with E-state index in [1.54, 1.807) is 7.11 Å². The van der Waals surface area contributed by atoms with E-state index < -0.39 is 5.54 Å². The molecule has 1 aromatic carbocycles. The summed E-state index contributed by atoms with van der Waals surface area (Å²) < 4.78 is 5.29. The normalized spacial score (nSPS) is 24.4. The van der Waals surface area contributed by atoms with Gasteiger partial charge in [-0.3, -0.25) is 9.59 Å². The maximum Gasteiger partial charge on any atom is 0.254 e. The molecule has 1 heterocycles. The van der Waals surface area contributed by atoms with E-state index in [1.165, 1.54) is 12.8 Å². The minimum atomic E-state index is -0.410. The third-order valence-corrected chi connectivity index (χ3v) is 6.77. The fourth-order valence-corrected chi connectivity index (χ4v) is 5.53. The molecule has 2 aliphatic carbocycles. The topological polar surface area (TPSA) is 58.6 Å². The summed E-state index contributed by atoms with van der Waals surface area (Å²) in [6, 6.07) is 7.99. The van der Waals surface area contributed by atoms with Crippen LogP contribution in [0, 0.1) is 0 Å². The molecular weight excluding hydrogens is 340 g/mol. The Morgan fingerprint density at radius 1 is 1.19 bits per heavy atom. The molecule has 0 bridgehead atoms. The van der Waals surface area contributed by atoms with E-state index in [4.69, 9.17) is 4.74 Å². The first-order valence-electron chi connectivity index (χ1n) is 10.4. The number of nitrogens with one attached hydrogen (secondary N) is 1. The first kappa shape index (κ1) is 18.5. The number of carbonyl (C=O) groups is 2. The summed E-state index contributed by atoms with van der Waals surface area (Å²) in [4.78, 5) is 28.8. The molecule has 1 atom stereocenters. The van der Waals surface area contributed by atoms with Gasteiger partial charge < -0.3 is 15.0 Å². The number of amides is 2. The molecule has 5 heteroatoms. The maximum atomic E-state index is 13.5. The van der Waals surface area contributed by atoms with E-state index in [0.717, 1.165) is 44.1 Å². The molecule has 1 N–H and O–H groups in total. The highest BCUT2D eigenvalue weighted by Gasteiger charge is 2.55. The summed E-state index contributed by atoms with van der Waals surface area (Å²) in [5, 5.41) is 3.32. The van der Waals surface area contributed by atoms with Crippen LogP contribution in [0.5, 0.6) is 0 Å². The zero-order chi connectivity index (χ0) is 18.9. The van der Waals surface area contributed by atoms with Gasteiger partial charge in [0.15, 0.2) is 0 Å². The standard InChI is InChI=1S/C22H30N2O3/c1-27-15-14-24-21(26)18-11-5-4-10-17(18)19(22(24)12-6-7-13-22)20(25)23-16-8-2-3-9-16/h4-5,10-11,16,19H,2-3,6-9,12-15H2,1H3,(H,23,25)/t19-/m0/s1. The van der Waals surface area contributed by atoms with Crippen LogP contribution < -0.4 is 5.32 Å². The Labute approximate surface area is 161 Å². The van der Waals surface area contributed by atoms with Crippen molar-refractivity contribution in [2.45, 2.75) is 68.9 Å². The molecule has 2 saturated carbocycles. The molecule has 1 aliphatic heterocycles. The number of benzene rings is 1. The molecule has 0 radical (unpaired) electrons. The minimum Gasteiger partial charge on any atom is -0.383 e. The molecule has 2 amide bonds. The van der Waals surface area contributed by atoms with Gasteiger partial charge in [0.25, 0.3) is 5.91 Å². The zero-order valence-electron chi connectivity index (χ0n) is 16.2. The van der Waals surface area contributed by atoms with Crippen LogP contribution in [-0.4, -0.2) is 48.6 Å².